The second-order valence-electron chi connectivity index (χ2n) is 5.21. The third-order valence-corrected chi connectivity index (χ3v) is 3.17. The van der Waals surface area contributed by atoms with Crippen LogP contribution in [0.2, 0.25) is 0 Å². The zero-order chi connectivity index (χ0) is 17.5. The molecule has 6 radical (unpaired) electrons. The van der Waals surface area contributed by atoms with Gasteiger partial charge in [-0.2, -0.15) is 0 Å². The molecule has 0 spiro atoms. The predicted octanol–water partition coefficient (Wildman–Crippen LogP) is 0.0252. The number of fused-ring (bicyclic) bond motifs is 1. The molecule has 112 valence electrons. The summed E-state index contributed by atoms with van der Waals surface area (Å²) >= 11 is 0. The van der Waals surface area contributed by atoms with Gasteiger partial charge < -0.3 is 9.30 Å². The first kappa shape index (κ1) is 16.2. The Hall–Kier alpha value is -2.64. The first-order chi connectivity index (χ1) is 11.2. The zero-order valence-corrected chi connectivity index (χ0v) is 12.6. The lowest BCUT2D eigenvalue weighted by molar-refractivity contribution is 0.316. The van der Waals surface area contributed by atoms with Crippen molar-refractivity contribution in [1.29, 1.82) is 0 Å². The summed E-state index contributed by atoms with van der Waals surface area (Å²) in [6, 6.07) is 2.51. The van der Waals surface area contributed by atoms with Crippen LogP contribution >= 0.6 is 0 Å². The van der Waals surface area contributed by atoms with E-state index in [4.69, 9.17) is 28.3 Å². The summed E-state index contributed by atoms with van der Waals surface area (Å²) in [4.78, 5) is 24.1. The number of halogens is 1. The Labute approximate surface area is 140 Å². The van der Waals surface area contributed by atoms with E-state index < -0.39 is 11.1 Å². The van der Waals surface area contributed by atoms with Crippen molar-refractivity contribution in [2.45, 2.75) is 5.30 Å². The van der Waals surface area contributed by atoms with E-state index in [1.54, 1.807) is 0 Å². The van der Waals surface area contributed by atoms with Gasteiger partial charge >= 0.3 is 0 Å². The van der Waals surface area contributed by atoms with Gasteiger partial charge in [-0.05, 0) is 17.4 Å². The second-order valence-corrected chi connectivity index (χ2v) is 5.21. The molecule has 0 N–H and O–H groups in total. The van der Waals surface area contributed by atoms with Crippen molar-refractivity contribution in [3.8, 4) is 17.1 Å². The quantitative estimate of drug-likeness (QED) is 0.638. The van der Waals surface area contributed by atoms with Crippen molar-refractivity contribution >= 4 is 34.4 Å². The van der Waals surface area contributed by atoms with Gasteiger partial charge in [0.1, 0.15) is 29.4 Å². The maximum absolute atomic E-state index is 14.3. The monoisotopic (exact) mass is 316 g/mol. The van der Waals surface area contributed by atoms with E-state index in [1.807, 2.05) is 0 Å². The van der Waals surface area contributed by atoms with Crippen molar-refractivity contribution < 1.29 is 9.13 Å². The molecule has 10 heteroatoms. The van der Waals surface area contributed by atoms with Crippen LogP contribution in [0.1, 0.15) is 0 Å². The lowest BCUT2D eigenvalue weighted by Crippen LogP contribution is -2.37. The summed E-state index contributed by atoms with van der Waals surface area (Å²) in [6.45, 7) is 0. The van der Waals surface area contributed by atoms with Gasteiger partial charge in [0.25, 0.3) is 5.56 Å². The molecule has 0 saturated heterocycles. The Balaban J connectivity index is 2.05. The fourth-order valence-electron chi connectivity index (χ4n) is 2.11. The lowest BCUT2D eigenvalue weighted by Gasteiger charge is -2.22. The molecule has 0 unspecified atom stereocenters. The summed E-state index contributed by atoms with van der Waals surface area (Å²) in [5.74, 6) is -0.438. The zero-order valence-electron chi connectivity index (χ0n) is 12.6. The van der Waals surface area contributed by atoms with Gasteiger partial charge in [0.15, 0.2) is 11.6 Å². The number of nitrogens with zero attached hydrogens (tertiary/aromatic N) is 4. The van der Waals surface area contributed by atoms with Gasteiger partial charge in [-0.1, -0.05) is 0 Å². The summed E-state index contributed by atoms with van der Waals surface area (Å²) in [7, 11) is 17.5. The molecular formula is C14H8B3FN4O2. The molecule has 0 aliphatic rings. The van der Waals surface area contributed by atoms with Crippen LogP contribution in [0.4, 0.5) is 4.39 Å². The van der Waals surface area contributed by atoms with Crippen LogP contribution in [0, 0.1) is 5.82 Å². The Morgan fingerprint density at radius 1 is 1.17 bits per heavy atom. The van der Waals surface area contributed by atoms with Crippen molar-refractivity contribution in [1.82, 2.24) is 19.5 Å². The van der Waals surface area contributed by atoms with E-state index in [2.05, 4.69) is 15.0 Å². The summed E-state index contributed by atoms with van der Waals surface area (Å²) < 4.78 is 20.6. The topological polar surface area (TPSA) is 69.9 Å². The first-order valence-corrected chi connectivity index (χ1v) is 6.77. The Morgan fingerprint density at radius 3 is 2.46 bits per heavy atom. The Kier molecular flexibility index (Phi) is 3.91. The number of aryl methyl sites for hydroxylation is 1. The molecule has 1 aromatic carbocycles. The highest BCUT2D eigenvalue weighted by molar-refractivity contribution is 6.58. The van der Waals surface area contributed by atoms with E-state index in [0.29, 0.717) is 5.52 Å². The number of ether oxygens (including phenoxy) is 1. The molecule has 2 aromatic heterocycles. The molecule has 3 aromatic rings. The molecule has 6 nitrogen and oxygen atoms in total. The van der Waals surface area contributed by atoms with Crippen molar-refractivity contribution in [2.24, 2.45) is 7.05 Å². The molecule has 0 aliphatic heterocycles. The van der Waals surface area contributed by atoms with Gasteiger partial charge in [-0.15, -0.1) is 0 Å². The van der Waals surface area contributed by atoms with Crippen LogP contribution < -0.4 is 10.3 Å². The second kappa shape index (κ2) is 5.77. The number of rotatable bonds is 3. The fraction of sp³-hybridized carbons (Fsp3) is 0.143. The molecule has 3 rings (SSSR count). The number of hydrogen-bond acceptors (Lipinski definition) is 5. The van der Waals surface area contributed by atoms with E-state index in [9.17, 15) is 9.18 Å². The van der Waals surface area contributed by atoms with Crippen molar-refractivity contribution in [2.75, 3.05) is 0 Å². The highest BCUT2D eigenvalue weighted by Gasteiger charge is 2.15. The van der Waals surface area contributed by atoms with Crippen LogP contribution in [-0.4, -0.2) is 48.4 Å². The van der Waals surface area contributed by atoms with Crippen LogP contribution in [0.25, 0.3) is 22.3 Å². The van der Waals surface area contributed by atoms with Crippen LogP contribution in [0.3, 0.4) is 0 Å². The van der Waals surface area contributed by atoms with Crippen molar-refractivity contribution in [3.63, 3.8) is 0 Å². The Bertz CT molecular complexity index is 971. The minimum absolute atomic E-state index is 0.0842. The Morgan fingerprint density at radius 2 is 1.83 bits per heavy atom. The fourth-order valence-corrected chi connectivity index (χ4v) is 2.11. The van der Waals surface area contributed by atoms with Gasteiger partial charge in [0.2, 0.25) is 0 Å². The summed E-state index contributed by atoms with van der Waals surface area (Å²) in [5, 5.41) is -1.70. The lowest BCUT2D eigenvalue weighted by atomic mass is 9.52. The standard InChI is InChI=1S/C14H8B3FN4O2/c1-22-6-21-11-3-8(10(18)2-9(11)13(22)23)12-19-4-7(5-20-12)24-14(15,16)17/h2-6H,1H3. The predicted molar refractivity (Wildman–Crippen MR) is 88.6 cm³/mol. The summed E-state index contributed by atoms with van der Waals surface area (Å²) in [5.41, 5.74) is 0.0814. The molecular weight excluding hydrogens is 308 g/mol. The van der Waals surface area contributed by atoms with E-state index in [0.717, 1.165) is 6.07 Å². The van der Waals surface area contributed by atoms with E-state index in [1.165, 1.54) is 36.4 Å². The van der Waals surface area contributed by atoms with Crippen LogP contribution in [0.15, 0.2) is 35.6 Å². The molecule has 0 amide bonds. The number of benzene rings is 1. The van der Waals surface area contributed by atoms with E-state index >= 15 is 0 Å². The summed E-state index contributed by atoms with van der Waals surface area (Å²) in [6.07, 6.45) is 3.86. The number of aromatic nitrogens is 4. The largest absolute Gasteiger partial charge is 0.513 e. The molecule has 24 heavy (non-hydrogen) atoms. The van der Waals surface area contributed by atoms with Gasteiger partial charge in [-0.25, -0.2) is 19.3 Å². The van der Waals surface area contributed by atoms with E-state index in [-0.39, 0.29) is 28.1 Å². The third-order valence-electron chi connectivity index (χ3n) is 3.17. The molecule has 0 aliphatic carbocycles. The smallest absolute Gasteiger partial charge is 0.261 e. The van der Waals surface area contributed by atoms with Gasteiger partial charge in [-0.3, -0.25) is 4.79 Å². The highest BCUT2D eigenvalue weighted by atomic mass is 19.1. The minimum atomic E-state index is -1.87. The average molecular weight is 316 g/mol. The van der Waals surface area contributed by atoms with Crippen molar-refractivity contribution in [3.05, 3.63) is 47.0 Å². The number of hydrogen-bond donors (Lipinski definition) is 0. The molecule has 0 fully saturated rings. The van der Waals surface area contributed by atoms with Gasteiger partial charge in [0, 0.05) is 7.05 Å². The molecule has 0 saturated carbocycles. The van der Waals surface area contributed by atoms with Crippen LogP contribution in [-0.2, 0) is 7.05 Å². The SMILES string of the molecule is [B]C([B])([B])Oc1cnc(-c2cc3ncn(C)c(=O)c3cc2F)nc1. The normalized spacial score (nSPS) is 11.6. The molecule has 0 bridgehead atoms. The highest BCUT2D eigenvalue weighted by Crippen LogP contribution is 2.24. The molecule has 2 heterocycles. The minimum Gasteiger partial charge on any atom is -0.513 e. The van der Waals surface area contributed by atoms with Crippen LogP contribution in [0.5, 0.6) is 5.75 Å². The average Bonchev–Trinajstić information content (AvgIpc) is 2.51. The maximum Gasteiger partial charge on any atom is 0.261 e. The van der Waals surface area contributed by atoms with Gasteiger partial charge in [0.05, 0.1) is 35.2 Å². The first-order valence-electron chi connectivity index (χ1n) is 6.77. The third kappa shape index (κ3) is 3.17. The maximum atomic E-state index is 14.3. The molecule has 0 atom stereocenters.